The van der Waals surface area contributed by atoms with Crippen molar-refractivity contribution in [2.24, 2.45) is 0 Å². The topological polar surface area (TPSA) is 24.9 Å². The lowest BCUT2D eigenvalue weighted by molar-refractivity contribution is 0.961. The van der Waals surface area contributed by atoms with E-state index in [0.717, 1.165) is 30.7 Å². The van der Waals surface area contributed by atoms with Crippen molar-refractivity contribution in [2.75, 3.05) is 11.9 Å². The fraction of sp³-hybridized carbons (Fsp3) is 0.438. The van der Waals surface area contributed by atoms with E-state index >= 15 is 0 Å². The average molecular weight is 321 g/mol. The highest BCUT2D eigenvalue weighted by molar-refractivity contribution is 9.10. The molecule has 1 N–H and O–H groups in total. The summed E-state index contributed by atoms with van der Waals surface area (Å²) in [6.45, 7) is 9.59. The van der Waals surface area contributed by atoms with Gasteiger partial charge in [0.05, 0.1) is 5.52 Å². The molecule has 0 amide bonds. The Morgan fingerprint density at radius 3 is 2.58 bits per heavy atom. The van der Waals surface area contributed by atoms with Gasteiger partial charge in [0.2, 0.25) is 0 Å². The molecule has 1 aromatic heterocycles. The molecule has 0 fully saturated rings. The molecule has 1 aromatic carbocycles. The monoisotopic (exact) mass is 320 g/mol. The maximum atomic E-state index is 4.81. The number of aromatic nitrogens is 1. The Hall–Kier alpha value is -1.09. The van der Waals surface area contributed by atoms with Gasteiger partial charge in [-0.05, 0) is 55.5 Å². The standard InChI is InChI=1S/C16H21BrN2/c1-5-7-18-16-12(6-2)9-13-11(4)15(17)10(3)8-14(13)19-16/h8-9H,5-7H2,1-4H3,(H,18,19). The van der Waals surface area contributed by atoms with Crippen molar-refractivity contribution in [3.63, 3.8) is 0 Å². The lowest BCUT2D eigenvalue weighted by Crippen LogP contribution is -2.05. The number of nitrogens with one attached hydrogen (secondary N) is 1. The lowest BCUT2D eigenvalue weighted by atomic mass is 10.0. The Labute approximate surface area is 123 Å². The number of anilines is 1. The van der Waals surface area contributed by atoms with Gasteiger partial charge in [0, 0.05) is 16.4 Å². The molecule has 0 aliphatic rings. The summed E-state index contributed by atoms with van der Waals surface area (Å²) in [5.41, 5.74) is 4.89. The lowest BCUT2D eigenvalue weighted by Gasteiger charge is -2.14. The van der Waals surface area contributed by atoms with Gasteiger partial charge in [0.15, 0.2) is 0 Å². The third kappa shape index (κ3) is 2.76. The van der Waals surface area contributed by atoms with Gasteiger partial charge in [0.25, 0.3) is 0 Å². The Kier molecular flexibility index (Phi) is 4.46. The molecular formula is C16H21BrN2. The summed E-state index contributed by atoms with van der Waals surface area (Å²) in [5, 5.41) is 4.68. The van der Waals surface area contributed by atoms with Crippen molar-refractivity contribution >= 4 is 32.7 Å². The predicted molar refractivity (Wildman–Crippen MR) is 87.1 cm³/mol. The molecule has 0 bridgehead atoms. The molecule has 0 aliphatic carbocycles. The first-order chi connectivity index (χ1) is 9.08. The van der Waals surface area contributed by atoms with Gasteiger partial charge in [-0.15, -0.1) is 0 Å². The second-order valence-corrected chi connectivity index (χ2v) is 5.77. The van der Waals surface area contributed by atoms with E-state index in [9.17, 15) is 0 Å². The predicted octanol–water partition coefficient (Wildman–Crippen LogP) is 5.00. The van der Waals surface area contributed by atoms with E-state index in [0.29, 0.717) is 0 Å². The number of halogens is 1. The van der Waals surface area contributed by atoms with Crippen LogP contribution in [0.2, 0.25) is 0 Å². The summed E-state index contributed by atoms with van der Waals surface area (Å²) in [7, 11) is 0. The van der Waals surface area contributed by atoms with E-state index in [1.807, 2.05) is 0 Å². The Bertz CT molecular complexity index is 605. The Balaban J connectivity index is 2.63. The fourth-order valence-electron chi connectivity index (χ4n) is 2.33. The maximum Gasteiger partial charge on any atom is 0.129 e. The van der Waals surface area contributed by atoms with E-state index in [-0.39, 0.29) is 0 Å². The van der Waals surface area contributed by atoms with E-state index < -0.39 is 0 Å². The molecule has 0 unspecified atom stereocenters. The van der Waals surface area contributed by atoms with Gasteiger partial charge < -0.3 is 5.32 Å². The Morgan fingerprint density at radius 1 is 1.21 bits per heavy atom. The molecule has 0 radical (unpaired) electrons. The number of nitrogens with zero attached hydrogens (tertiary/aromatic N) is 1. The molecule has 19 heavy (non-hydrogen) atoms. The molecule has 0 aliphatic heterocycles. The summed E-state index contributed by atoms with van der Waals surface area (Å²) >= 11 is 3.66. The first-order valence-electron chi connectivity index (χ1n) is 6.91. The average Bonchev–Trinajstić information content (AvgIpc) is 2.42. The van der Waals surface area contributed by atoms with Crippen LogP contribution >= 0.6 is 15.9 Å². The van der Waals surface area contributed by atoms with E-state index in [1.54, 1.807) is 0 Å². The van der Waals surface area contributed by atoms with Crippen LogP contribution in [0, 0.1) is 13.8 Å². The first-order valence-corrected chi connectivity index (χ1v) is 7.71. The second-order valence-electron chi connectivity index (χ2n) is 4.98. The number of aryl methyl sites for hydroxylation is 3. The van der Waals surface area contributed by atoms with Crippen molar-refractivity contribution in [2.45, 2.75) is 40.5 Å². The molecule has 1 heterocycles. The summed E-state index contributed by atoms with van der Waals surface area (Å²) < 4.78 is 1.19. The summed E-state index contributed by atoms with van der Waals surface area (Å²) in [4.78, 5) is 4.81. The van der Waals surface area contributed by atoms with Crippen molar-refractivity contribution in [3.8, 4) is 0 Å². The van der Waals surface area contributed by atoms with Gasteiger partial charge in [0.1, 0.15) is 5.82 Å². The zero-order chi connectivity index (χ0) is 14.0. The van der Waals surface area contributed by atoms with Gasteiger partial charge in [-0.2, -0.15) is 0 Å². The molecule has 102 valence electrons. The fourth-order valence-corrected chi connectivity index (χ4v) is 2.66. The molecule has 2 nitrogen and oxygen atoms in total. The van der Waals surface area contributed by atoms with Crippen molar-refractivity contribution in [3.05, 3.63) is 33.3 Å². The minimum atomic E-state index is 0.972. The Morgan fingerprint density at radius 2 is 1.95 bits per heavy atom. The van der Waals surface area contributed by atoms with Crippen LogP contribution in [-0.2, 0) is 6.42 Å². The normalized spacial score (nSPS) is 11.0. The third-order valence-corrected chi connectivity index (χ3v) is 4.71. The van der Waals surface area contributed by atoms with Crippen LogP contribution in [0.3, 0.4) is 0 Å². The maximum absolute atomic E-state index is 4.81. The van der Waals surface area contributed by atoms with Crippen LogP contribution in [0.5, 0.6) is 0 Å². The molecule has 0 saturated carbocycles. The number of hydrogen-bond donors (Lipinski definition) is 1. The number of hydrogen-bond acceptors (Lipinski definition) is 2. The highest BCUT2D eigenvalue weighted by Crippen LogP contribution is 2.31. The first kappa shape index (κ1) is 14.3. The van der Waals surface area contributed by atoms with Crippen LogP contribution in [0.4, 0.5) is 5.82 Å². The van der Waals surface area contributed by atoms with Gasteiger partial charge in [-0.25, -0.2) is 4.98 Å². The van der Waals surface area contributed by atoms with Crippen LogP contribution in [0.25, 0.3) is 10.9 Å². The largest absolute Gasteiger partial charge is 0.370 e. The van der Waals surface area contributed by atoms with Crippen molar-refractivity contribution in [1.29, 1.82) is 0 Å². The molecular weight excluding hydrogens is 300 g/mol. The second kappa shape index (κ2) is 5.91. The number of rotatable bonds is 4. The third-order valence-electron chi connectivity index (χ3n) is 3.49. The van der Waals surface area contributed by atoms with E-state index in [1.165, 1.54) is 26.5 Å². The SMILES string of the molecule is CCCNc1nc2cc(C)c(Br)c(C)c2cc1CC. The minimum absolute atomic E-state index is 0.972. The summed E-state index contributed by atoms with van der Waals surface area (Å²) in [6.07, 6.45) is 2.11. The van der Waals surface area contributed by atoms with Gasteiger partial charge in [-0.1, -0.05) is 29.8 Å². The minimum Gasteiger partial charge on any atom is -0.370 e. The molecule has 2 aromatic rings. The van der Waals surface area contributed by atoms with Crippen LogP contribution < -0.4 is 5.32 Å². The van der Waals surface area contributed by atoms with Gasteiger partial charge in [-0.3, -0.25) is 0 Å². The number of benzene rings is 1. The highest BCUT2D eigenvalue weighted by Gasteiger charge is 2.10. The molecule has 0 saturated heterocycles. The molecule has 0 spiro atoms. The van der Waals surface area contributed by atoms with Crippen LogP contribution in [-0.4, -0.2) is 11.5 Å². The summed E-state index contributed by atoms with van der Waals surface area (Å²) in [6, 6.07) is 4.43. The quantitative estimate of drug-likeness (QED) is 0.857. The highest BCUT2D eigenvalue weighted by atomic mass is 79.9. The van der Waals surface area contributed by atoms with Crippen LogP contribution in [0.15, 0.2) is 16.6 Å². The summed E-state index contributed by atoms with van der Waals surface area (Å²) in [5.74, 6) is 1.04. The smallest absolute Gasteiger partial charge is 0.129 e. The molecule has 2 rings (SSSR count). The number of pyridine rings is 1. The van der Waals surface area contributed by atoms with Crippen molar-refractivity contribution in [1.82, 2.24) is 4.98 Å². The van der Waals surface area contributed by atoms with Crippen molar-refractivity contribution < 1.29 is 0 Å². The molecule has 3 heteroatoms. The number of fused-ring (bicyclic) bond motifs is 1. The zero-order valence-corrected chi connectivity index (χ0v) is 13.7. The molecule has 0 atom stereocenters. The van der Waals surface area contributed by atoms with Crippen LogP contribution in [0.1, 0.15) is 37.0 Å². The van der Waals surface area contributed by atoms with Gasteiger partial charge >= 0.3 is 0 Å². The van der Waals surface area contributed by atoms with E-state index in [4.69, 9.17) is 4.98 Å². The zero-order valence-electron chi connectivity index (χ0n) is 12.1. The van der Waals surface area contributed by atoms with E-state index in [2.05, 4.69) is 61.1 Å².